The minimum Gasteiger partial charge on any atom is -0.477 e. The van der Waals surface area contributed by atoms with E-state index in [1.165, 1.54) is 19.3 Å². The number of allylic oxidation sites excluding steroid dienone is 14. The number of ether oxygens (including phenoxy) is 3. The lowest BCUT2D eigenvalue weighted by molar-refractivity contribution is -0.887. The summed E-state index contributed by atoms with van der Waals surface area (Å²) in [7, 11) is 5.48. The standard InChI is InChI=1S/C44H71NO7/c1-6-8-10-12-14-16-18-19-20-21-22-23-25-27-29-31-33-35-43(47)52-40(38-50-37-36-41(44(48)49)45(3,4)5)39-51-42(46)34-32-30-28-26-24-17-15-13-11-9-7-2/h8,10,12-16,18-23,25,40-41H,6-7,9,11,17,24,26-39H2,1-5H3/p+1/b10-8+,14-12+,15-13+,18-16+,20-19+,22-21+,25-23+. The maximum atomic E-state index is 12.7. The second kappa shape index (κ2) is 34.6. The molecule has 0 radical (unpaired) electrons. The smallest absolute Gasteiger partial charge is 0.362 e. The molecule has 0 aromatic carbocycles. The summed E-state index contributed by atoms with van der Waals surface area (Å²) in [6.45, 7) is 4.46. The molecule has 0 spiro atoms. The molecular formula is C44H72NO7+. The van der Waals surface area contributed by atoms with E-state index in [9.17, 15) is 19.5 Å². The van der Waals surface area contributed by atoms with Crippen molar-refractivity contribution in [3.05, 3.63) is 85.1 Å². The first kappa shape index (κ1) is 48.5. The van der Waals surface area contributed by atoms with Gasteiger partial charge in [0, 0.05) is 19.3 Å². The van der Waals surface area contributed by atoms with Crippen LogP contribution in [0.25, 0.3) is 0 Å². The fraction of sp³-hybridized carbons (Fsp3) is 0.614. The zero-order chi connectivity index (χ0) is 38.5. The van der Waals surface area contributed by atoms with Crippen LogP contribution in [-0.4, -0.2) is 80.6 Å². The monoisotopic (exact) mass is 727 g/mol. The van der Waals surface area contributed by atoms with E-state index in [-0.39, 0.29) is 42.7 Å². The number of hydrogen-bond acceptors (Lipinski definition) is 6. The van der Waals surface area contributed by atoms with Crippen LogP contribution in [0.2, 0.25) is 0 Å². The molecule has 2 atom stereocenters. The Morgan fingerprint density at radius 1 is 0.596 bits per heavy atom. The minimum absolute atomic E-state index is 0.0346. The van der Waals surface area contributed by atoms with Gasteiger partial charge in [-0.15, -0.1) is 0 Å². The molecule has 0 saturated carbocycles. The highest BCUT2D eigenvalue weighted by Crippen LogP contribution is 2.12. The molecule has 2 unspecified atom stereocenters. The van der Waals surface area contributed by atoms with E-state index < -0.39 is 18.1 Å². The summed E-state index contributed by atoms with van der Waals surface area (Å²) in [6, 6.07) is -0.628. The predicted octanol–water partition coefficient (Wildman–Crippen LogP) is 10.2. The van der Waals surface area contributed by atoms with Crippen molar-refractivity contribution in [2.24, 2.45) is 0 Å². The van der Waals surface area contributed by atoms with Crippen LogP contribution < -0.4 is 0 Å². The summed E-state index contributed by atoms with van der Waals surface area (Å²) < 4.78 is 17.1. The number of aliphatic carboxylic acids is 1. The van der Waals surface area contributed by atoms with Gasteiger partial charge in [0.05, 0.1) is 34.4 Å². The summed E-state index contributed by atoms with van der Waals surface area (Å²) in [4.78, 5) is 36.8. The third-order valence-corrected chi connectivity index (χ3v) is 8.19. The van der Waals surface area contributed by atoms with Crippen molar-refractivity contribution in [1.82, 2.24) is 0 Å². The third-order valence-electron chi connectivity index (χ3n) is 8.19. The Bertz CT molecular complexity index is 1120. The first-order valence-electron chi connectivity index (χ1n) is 19.7. The second-order valence-electron chi connectivity index (χ2n) is 14.0. The number of hydrogen-bond donors (Lipinski definition) is 1. The van der Waals surface area contributed by atoms with E-state index in [0.717, 1.165) is 64.2 Å². The van der Waals surface area contributed by atoms with Gasteiger partial charge in [-0.25, -0.2) is 4.79 Å². The summed E-state index contributed by atoms with van der Waals surface area (Å²) >= 11 is 0. The maximum Gasteiger partial charge on any atom is 0.362 e. The van der Waals surface area contributed by atoms with E-state index >= 15 is 0 Å². The summed E-state index contributed by atoms with van der Waals surface area (Å²) in [5.41, 5.74) is 0. The Morgan fingerprint density at radius 2 is 1.10 bits per heavy atom. The van der Waals surface area contributed by atoms with Crippen molar-refractivity contribution >= 4 is 17.9 Å². The van der Waals surface area contributed by atoms with Crippen molar-refractivity contribution in [3.63, 3.8) is 0 Å². The normalized spacial score (nSPS) is 13.9. The number of carboxylic acids is 1. The van der Waals surface area contributed by atoms with Gasteiger partial charge in [-0.2, -0.15) is 0 Å². The van der Waals surface area contributed by atoms with Crippen LogP contribution >= 0.6 is 0 Å². The van der Waals surface area contributed by atoms with Crippen LogP contribution in [0.3, 0.4) is 0 Å². The van der Waals surface area contributed by atoms with Crippen molar-refractivity contribution in [1.29, 1.82) is 0 Å². The van der Waals surface area contributed by atoms with E-state index in [4.69, 9.17) is 14.2 Å². The topological polar surface area (TPSA) is 99.1 Å². The lowest BCUT2D eigenvalue weighted by Crippen LogP contribution is -2.50. The molecule has 0 aliphatic heterocycles. The van der Waals surface area contributed by atoms with Gasteiger partial charge < -0.3 is 23.8 Å². The van der Waals surface area contributed by atoms with E-state index in [2.05, 4.69) is 38.2 Å². The van der Waals surface area contributed by atoms with Crippen LogP contribution in [0.5, 0.6) is 0 Å². The first-order chi connectivity index (χ1) is 25.1. The summed E-state index contributed by atoms with van der Waals surface area (Å²) in [6.07, 6.45) is 43.4. The molecule has 1 N–H and O–H groups in total. The lowest BCUT2D eigenvalue weighted by atomic mass is 10.1. The van der Waals surface area contributed by atoms with E-state index in [1.807, 2.05) is 81.9 Å². The Kier molecular flexibility index (Phi) is 32.3. The average Bonchev–Trinajstić information content (AvgIpc) is 3.09. The van der Waals surface area contributed by atoms with Gasteiger partial charge >= 0.3 is 17.9 Å². The fourth-order valence-corrected chi connectivity index (χ4v) is 5.10. The molecule has 0 fully saturated rings. The van der Waals surface area contributed by atoms with Crippen molar-refractivity contribution < 1.29 is 38.2 Å². The Hall–Kier alpha value is -3.49. The van der Waals surface area contributed by atoms with Crippen molar-refractivity contribution in [2.45, 2.75) is 135 Å². The molecule has 0 amide bonds. The minimum atomic E-state index is -0.889. The highest BCUT2D eigenvalue weighted by atomic mass is 16.6. The number of carboxylic acid groups (broad SMARTS) is 1. The number of likely N-dealkylation sites (N-methyl/N-ethyl adjacent to an activating group) is 1. The van der Waals surface area contributed by atoms with Crippen LogP contribution in [0, 0.1) is 0 Å². The second-order valence-corrected chi connectivity index (χ2v) is 14.0. The number of nitrogens with zero attached hydrogens (tertiary/aromatic N) is 1. The van der Waals surface area contributed by atoms with Gasteiger partial charge in [-0.05, 0) is 51.4 Å². The van der Waals surface area contributed by atoms with Crippen LogP contribution in [0.1, 0.15) is 123 Å². The summed E-state index contributed by atoms with van der Waals surface area (Å²) in [5.74, 6) is -1.55. The van der Waals surface area contributed by atoms with E-state index in [1.54, 1.807) is 0 Å². The van der Waals surface area contributed by atoms with E-state index in [0.29, 0.717) is 19.3 Å². The van der Waals surface area contributed by atoms with Crippen molar-refractivity contribution in [3.8, 4) is 0 Å². The molecule has 8 heteroatoms. The quantitative estimate of drug-likeness (QED) is 0.0236. The van der Waals surface area contributed by atoms with Crippen molar-refractivity contribution in [2.75, 3.05) is 41.0 Å². The highest BCUT2D eigenvalue weighted by Gasteiger charge is 2.31. The molecule has 0 rings (SSSR count). The third kappa shape index (κ3) is 32.4. The molecule has 0 aromatic rings. The average molecular weight is 727 g/mol. The molecule has 0 aliphatic carbocycles. The number of rotatable bonds is 33. The van der Waals surface area contributed by atoms with Gasteiger partial charge in [0.25, 0.3) is 0 Å². The molecule has 0 aromatic heterocycles. The van der Waals surface area contributed by atoms with Crippen LogP contribution in [0.15, 0.2) is 85.1 Å². The zero-order valence-corrected chi connectivity index (χ0v) is 33.2. The number of carbonyl (C=O) groups excluding carboxylic acids is 2. The fourth-order valence-electron chi connectivity index (χ4n) is 5.10. The number of esters is 2. The zero-order valence-electron chi connectivity index (χ0n) is 33.2. The van der Waals surface area contributed by atoms with Gasteiger partial charge in [-0.1, -0.05) is 137 Å². The SMILES string of the molecule is CC/C=C/C=C/C=C/C=C/C=C/C=C/CCCCCC(=O)OC(COCCC(C(=O)O)[N+](C)(C)C)COC(=O)CCCCCCC/C=C/CCCC. The van der Waals surface area contributed by atoms with Gasteiger partial charge in [0.2, 0.25) is 0 Å². The number of carbonyl (C=O) groups is 3. The van der Waals surface area contributed by atoms with Gasteiger partial charge in [0.1, 0.15) is 6.61 Å². The molecular weight excluding hydrogens is 654 g/mol. The molecule has 0 heterocycles. The molecule has 294 valence electrons. The number of quaternary nitrogens is 1. The summed E-state index contributed by atoms with van der Waals surface area (Å²) in [5, 5.41) is 9.59. The van der Waals surface area contributed by atoms with Gasteiger partial charge in [-0.3, -0.25) is 9.59 Å². The molecule has 0 aliphatic rings. The molecule has 52 heavy (non-hydrogen) atoms. The van der Waals surface area contributed by atoms with Crippen LogP contribution in [-0.2, 0) is 28.6 Å². The maximum absolute atomic E-state index is 12.7. The Labute approximate surface area is 316 Å². The van der Waals surface area contributed by atoms with Crippen LogP contribution in [0.4, 0.5) is 0 Å². The number of unbranched alkanes of at least 4 members (excludes halogenated alkanes) is 10. The highest BCUT2D eigenvalue weighted by molar-refractivity contribution is 5.72. The first-order valence-corrected chi connectivity index (χ1v) is 19.7. The Morgan fingerprint density at radius 3 is 1.67 bits per heavy atom. The Balaban J connectivity index is 4.55. The lowest BCUT2D eigenvalue weighted by Gasteiger charge is -2.31. The largest absolute Gasteiger partial charge is 0.477 e. The molecule has 0 bridgehead atoms. The molecule has 8 nitrogen and oxygen atoms in total. The van der Waals surface area contributed by atoms with Gasteiger partial charge in [0.15, 0.2) is 12.1 Å². The molecule has 0 saturated heterocycles. The predicted molar refractivity (Wildman–Crippen MR) is 215 cm³/mol.